The summed E-state index contributed by atoms with van der Waals surface area (Å²) in [6, 6.07) is 0. The van der Waals surface area contributed by atoms with Crippen LogP contribution in [0.1, 0.15) is 6.92 Å². The summed E-state index contributed by atoms with van der Waals surface area (Å²) < 4.78 is 45.9. The molecular formula is C5H4F4. The summed E-state index contributed by atoms with van der Waals surface area (Å²) in [5, 5.41) is 0. The van der Waals surface area contributed by atoms with Crippen molar-refractivity contribution in [1.82, 2.24) is 0 Å². The molecule has 0 aliphatic carbocycles. The Morgan fingerprint density at radius 2 is 1.67 bits per heavy atom. The summed E-state index contributed by atoms with van der Waals surface area (Å²) in [7, 11) is 0. The monoisotopic (exact) mass is 140 g/mol. The fourth-order valence-corrected chi connectivity index (χ4v) is 0.212. The lowest BCUT2D eigenvalue weighted by molar-refractivity contribution is 0.480. The predicted octanol–water partition coefficient (Wildman–Crippen LogP) is 2.94. The van der Waals surface area contributed by atoms with Crippen molar-refractivity contribution >= 4 is 0 Å². The number of hydrogen-bond acceptors (Lipinski definition) is 0. The van der Waals surface area contributed by atoms with Crippen LogP contribution in [0.15, 0.2) is 23.8 Å². The van der Waals surface area contributed by atoms with Crippen LogP contribution >= 0.6 is 0 Å². The van der Waals surface area contributed by atoms with Crippen LogP contribution in [0.2, 0.25) is 0 Å². The molecule has 0 aromatic heterocycles. The third kappa shape index (κ3) is 2.30. The first kappa shape index (κ1) is 8.20. The first-order valence-electron chi connectivity index (χ1n) is 2.07. The second kappa shape index (κ2) is 3.27. The van der Waals surface area contributed by atoms with E-state index < -0.39 is 23.8 Å². The predicted molar refractivity (Wildman–Crippen MR) is 25.2 cm³/mol. The minimum absolute atomic E-state index is 0.640. The Balaban J connectivity index is 4.40. The highest BCUT2D eigenvalue weighted by atomic mass is 19.2. The zero-order valence-electron chi connectivity index (χ0n) is 4.59. The van der Waals surface area contributed by atoms with Gasteiger partial charge in [0.05, 0.1) is 0 Å². The standard InChI is InChI=1S/C5H4F4/c1-3(7)5(9)4(8)2-6/h2H,1H3/b4-2-,5-3+. The molecule has 0 aliphatic heterocycles. The Kier molecular flexibility index (Phi) is 2.98. The molecule has 0 saturated carbocycles. The van der Waals surface area contributed by atoms with Crippen molar-refractivity contribution in [3.8, 4) is 0 Å². The fraction of sp³-hybridized carbons (Fsp3) is 0.200. The second-order valence-corrected chi connectivity index (χ2v) is 1.30. The van der Waals surface area contributed by atoms with Gasteiger partial charge in [0.2, 0.25) is 0 Å². The lowest BCUT2D eigenvalue weighted by atomic mass is 10.4. The third-order valence-electron chi connectivity index (χ3n) is 0.608. The zero-order chi connectivity index (χ0) is 7.44. The van der Waals surface area contributed by atoms with Gasteiger partial charge in [0.1, 0.15) is 12.2 Å². The molecule has 0 bridgehead atoms. The summed E-state index contributed by atoms with van der Waals surface area (Å²) in [5.41, 5.74) is 0. The van der Waals surface area contributed by atoms with Crippen molar-refractivity contribution in [2.24, 2.45) is 0 Å². The lowest BCUT2D eigenvalue weighted by Gasteiger charge is -1.87. The van der Waals surface area contributed by atoms with E-state index in [2.05, 4.69) is 0 Å². The summed E-state index contributed by atoms with van der Waals surface area (Å²) in [6.45, 7) is 0.693. The molecule has 0 rings (SSSR count). The van der Waals surface area contributed by atoms with E-state index in [1.54, 1.807) is 0 Å². The van der Waals surface area contributed by atoms with Crippen LogP contribution in [-0.2, 0) is 0 Å². The second-order valence-electron chi connectivity index (χ2n) is 1.30. The summed E-state index contributed by atoms with van der Waals surface area (Å²) in [5.74, 6) is -4.99. The summed E-state index contributed by atoms with van der Waals surface area (Å²) in [6.07, 6.45) is -0.640. The van der Waals surface area contributed by atoms with E-state index in [9.17, 15) is 17.6 Å². The average molecular weight is 140 g/mol. The van der Waals surface area contributed by atoms with Crippen molar-refractivity contribution in [2.45, 2.75) is 6.92 Å². The van der Waals surface area contributed by atoms with Crippen molar-refractivity contribution in [3.05, 3.63) is 23.8 Å². The highest BCUT2D eigenvalue weighted by Gasteiger charge is 2.06. The van der Waals surface area contributed by atoms with Gasteiger partial charge in [0.15, 0.2) is 11.7 Å². The number of allylic oxidation sites excluding steroid dienone is 3. The van der Waals surface area contributed by atoms with Crippen molar-refractivity contribution in [1.29, 1.82) is 0 Å². The molecule has 52 valence electrons. The van der Waals surface area contributed by atoms with E-state index in [0.717, 1.165) is 0 Å². The van der Waals surface area contributed by atoms with Crippen molar-refractivity contribution < 1.29 is 17.6 Å². The van der Waals surface area contributed by atoms with Gasteiger partial charge in [-0.2, -0.15) is 0 Å². The fourth-order valence-electron chi connectivity index (χ4n) is 0.212. The SMILES string of the molecule is C/C(F)=C(F)/C(F)=C/F. The van der Waals surface area contributed by atoms with Gasteiger partial charge in [-0.05, 0) is 6.92 Å². The lowest BCUT2D eigenvalue weighted by Crippen LogP contribution is -1.75. The molecule has 0 fully saturated rings. The van der Waals surface area contributed by atoms with Crippen LogP contribution < -0.4 is 0 Å². The largest absolute Gasteiger partial charge is 0.212 e. The van der Waals surface area contributed by atoms with Gasteiger partial charge < -0.3 is 0 Å². The minimum Gasteiger partial charge on any atom is -0.212 e. The highest BCUT2D eigenvalue weighted by molar-refractivity contribution is 5.18. The molecule has 0 nitrogen and oxygen atoms in total. The van der Waals surface area contributed by atoms with Gasteiger partial charge in [-0.15, -0.1) is 0 Å². The average Bonchev–Trinajstić information content (AvgIpc) is 1.84. The van der Waals surface area contributed by atoms with Crippen molar-refractivity contribution in [3.63, 3.8) is 0 Å². The smallest absolute Gasteiger partial charge is 0.192 e. The molecular weight excluding hydrogens is 136 g/mol. The third-order valence-corrected chi connectivity index (χ3v) is 0.608. The van der Waals surface area contributed by atoms with Gasteiger partial charge in [0.25, 0.3) is 0 Å². The Morgan fingerprint density at radius 1 is 1.22 bits per heavy atom. The van der Waals surface area contributed by atoms with Crippen LogP contribution in [0, 0.1) is 0 Å². The number of hydrogen-bond donors (Lipinski definition) is 0. The first-order chi connectivity index (χ1) is 4.09. The van der Waals surface area contributed by atoms with Gasteiger partial charge in [-0.1, -0.05) is 0 Å². The molecule has 0 unspecified atom stereocenters. The van der Waals surface area contributed by atoms with Crippen LogP contribution in [0.5, 0.6) is 0 Å². The van der Waals surface area contributed by atoms with Gasteiger partial charge >= 0.3 is 0 Å². The molecule has 4 heteroatoms. The summed E-state index contributed by atoms with van der Waals surface area (Å²) >= 11 is 0. The van der Waals surface area contributed by atoms with Crippen LogP contribution in [0.4, 0.5) is 17.6 Å². The molecule has 0 amide bonds. The first-order valence-corrected chi connectivity index (χ1v) is 2.07. The van der Waals surface area contributed by atoms with E-state index in [-0.39, 0.29) is 0 Å². The van der Waals surface area contributed by atoms with Gasteiger partial charge in [0, 0.05) is 0 Å². The van der Waals surface area contributed by atoms with Crippen LogP contribution in [0.25, 0.3) is 0 Å². The van der Waals surface area contributed by atoms with E-state index >= 15 is 0 Å². The zero-order valence-corrected chi connectivity index (χ0v) is 4.59. The molecule has 0 spiro atoms. The Hall–Kier alpha value is -0.800. The Labute approximate surface area is 49.5 Å². The van der Waals surface area contributed by atoms with Crippen LogP contribution in [-0.4, -0.2) is 0 Å². The molecule has 0 saturated heterocycles. The minimum atomic E-state index is -1.82. The summed E-state index contributed by atoms with van der Waals surface area (Å²) in [4.78, 5) is 0. The molecule has 0 aromatic rings. The van der Waals surface area contributed by atoms with E-state index in [0.29, 0.717) is 6.92 Å². The molecule has 0 aromatic carbocycles. The molecule has 9 heavy (non-hydrogen) atoms. The highest BCUT2D eigenvalue weighted by Crippen LogP contribution is 2.17. The molecule has 0 atom stereocenters. The maximum Gasteiger partial charge on any atom is 0.192 e. The maximum atomic E-state index is 11.7. The Bertz CT molecular complexity index is 152. The topological polar surface area (TPSA) is 0 Å². The molecule has 0 N–H and O–H groups in total. The van der Waals surface area contributed by atoms with Crippen LogP contribution in [0.3, 0.4) is 0 Å². The van der Waals surface area contributed by atoms with E-state index in [1.807, 2.05) is 0 Å². The van der Waals surface area contributed by atoms with Gasteiger partial charge in [-0.3, -0.25) is 0 Å². The number of halogens is 4. The number of rotatable bonds is 1. The van der Waals surface area contributed by atoms with E-state index in [1.165, 1.54) is 0 Å². The molecule has 0 heterocycles. The molecule has 0 radical (unpaired) electrons. The van der Waals surface area contributed by atoms with Crippen molar-refractivity contribution in [2.75, 3.05) is 0 Å². The maximum absolute atomic E-state index is 11.7. The van der Waals surface area contributed by atoms with E-state index in [4.69, 9.17) is 0 Å². The Morgan fingerprint density at radius 3 is 1.78 bits per heavy atom. The normalized spacial score (nSPS) is 15.4. The quantitative estimate of drug-likeness (QED) is 0.388. The van der Waals surface area contributed by atoms with Gasteiger partial charge in [-0.25, -0.2) is 17.6 Å². The molecule has 0 aliphatic rings.